The van der Waals surface area contributed by atoms with Crippen molar-refractivity contribution in [3.63, 3.8) is 0 Å². The molecule has 94 valence electrons. The third-order valence-electron chi connectivity index (χ3n) is 4.10. The maximum atomic E-state index is 4.65. The average Bonchev–Trinajstić information content (AvgIpc) is 2.82. The molecule has 2 aliphatic heterocycles. The van der Waals surface area contributed by atoms with E-state index in [0.717, 1.165) is 24.8 Å². The van der Waals surface area contributed by atoms with Gasteiger partial charge in [-0.1, -0.05) is 6.92 Å². The van der Waals surface area contributed by atoms with Gasteiger partial charge in [0.25, 0.3) is 0 Å². The van der Waals surface area contributed by atoms with Gasteiger partial charge < -0.3 is 15.2 Å². The zero-order valence-corrected chi connectivity index (χ0v) is 10.6. The summed E-state index contributed by atoms with van der Waals surface area (Å²) in [6, 6.07) is 0.645. The van der Waals surface area contributed by atoms with Crippen LogP contribution in [0.4, 0.5) is 5.95 Å². The number of imidazole rings is 1. The fourth-order valence-corrected chi connectivity index (χ4v) is 3.14. The van der Waals surface area contributed by atoms with Gasteiger partial charge in [0, 0.05) is 18.8 Å². The molecule has 2 N–H and O–H groups in total. The van der Waals surface area contributed by atoms with Gasteiger partial charge in [-0.2, -0.15) is 0 Å². The van der Waals surface area contributed by atoms with E-state index in [1.165, 1.54) is 38.0 Å². The summed E-state index contributed by atoms with van der Waals surface area (Å²) < 4.78 is 2.39. The highest BCUT2D eigenvalue weighted by Gasteiger charge is 2.29. The lowest BCUT2D eigenvalue weighted by atomic mass is 9.89. The second-order valence-electron chi connectivity index (χ2n) is 5.21. The van der Waals surface area contributed by atoms with E-state index in [-0.39, 0.29) is 0 Å². The molecule has 2 atom stereocenters. The fraction of sp³-hybridized carbons (Fsp3) is 0.769. The Kier molecular flexibility index (Phi) is 3.05. The van der Waals surface area contributed by atoms with Crippen LogP contribution in [0.15, 0.2) is 6.20 Å². The predicted octanol–water partition coefficient (Wildman–Crippen LogP) is 1.80. The van der Waals surface area contributed by atoms with Gasteiger partial charge in [-0.3, -0.25) is 0 Å². The Hall–Kier alpha value is -1.03. The Morgan fingerprint density at radius 1 is 1.41 bits per heavy atom. The molecule has 4 heteroatoms. The minimum Gasteiger partial charge on any atom is -0.356 e. The van der Waals surface area contributed by atoms with E-state index in [9.17, 15) is 0 Å². The lowest BCUT2D eigenvalue weighted by Crippen LogP contribution is -2.37. The molecule has 2 unspecified atom stereocenters. The third kappa shape index (κ3) is 2.06. The number of aryl methyl sites for hydroxylation is 1. The molecule has 1 aromatic heterocycles. The number of rotatable bonds is 2. The largest absolute Gasteiger partial charge is 0.356 e. The van der Waals surface area contributed by atoms with Crippen LogP contribution in [0.2, 0.25) is 0 Å². The smallest absolute Gasteiger partial charge is 0.203 e. The number of anilines is 1. The van der Waals surface area contributed by atoms with Gasteiger partial charge in [0.2, 0.25) is 5.95 Å². The van der Waals surface area contributed by atoms with Gasteiger partial charge in [-0.15, -0.1) is 0 Å². The van der Waals surface area contributed by atoms with Crippen LogP contribution in [-0.2, 0) is 6.42 Å². The van der Waals surface area contributed by atoms with Crippen LogP contribution in [0.3, 0.4) is 0 Å². The molecule has 0 radical (unpaired) electrons. The SMILES string of the molecule is CCc1cn2c(n1)NCCC2C1CCCNC1. The Morgan fingerprint density at radius 2 is 2.35 bits per heavy atom. The first-order valence-corrected chi connectivity index (χ1v) is 6.91. The molecule has 0 aromatic carbocycles. The second kappa shape index (κ2) is 4.69. The maximum Gasteiger partial charge on any atom is 0.203 e. The molecule has 2 aliphatic rings. The lowest BCUT2D eigenvalue weighted by Gasteiger charge is -2.35. The van der Waals surface area contributed by atoms with Crippen LogP contribution in [0.5, 0.6) is 0 Å². The number of piperidine rings is 1. The first-order chi connectivity index (χ1) is 8.38. The molecular weight excluding hydrogens is 212 g/mol. The Bertz CT molecular complexity index is 379. The average molecular weight is 234 g/mol. The molecule has 1 fully saturated rings. The van der Waals surface area contributed by atoms with E-state index in [2.05, 4.69) is 33.3 Å². The van der Waals surface area contributed by atoms with Crippen LogP contribution >= 0.6 is 0 Å². The molecular formula is C13H22N4. The van der Waals surface area contributed by atoms with Crippen molar-refractivity contribution in [3.05, 3.63) is 11.9 Å². The van der Waals surface area contributed by atoms with Gasteiger partial charge in [0.15, 0.2) is 0 Å². The molecule has 17 heavy (non-hydrogen) atoms. The number of nitrogens with one attached hydrogen (secondary N) is 2. The molecule has 0 spiro atoms. The molecule has 0 amide bonds. The van der Waals surface area contributed by atoms with Gasteiger partial charge in [0.05, 0.1) is 5.69 Å². The highest BCUT2D eigenvalue weighted by Crippen LogP contribution is 2.33. The number of fused-ring (bicyclic) bond motifs is 1. The molecule has 0 bridgehead atoms. The number of hydrogen-bond donors (Lipinski definition) is 2. The van der Waals surface area contributed by atoms with Crippen molar-refractivity contribution < 1.29 is 0 Å². The van der Waals surface area contributed by atoms with E-state index >= 15 is 0 Å². The normalized spacial score (nSPS) is 28.5. The summed E-state index contributed by atoms with van der Waals surface area (Å²) in [5, 5.41) is 6.95. The van der Waals surface area contributed by atoms with Crippen LogP contribution in [-0.4, -0.2) is 29.2 Å². The Labute approximate surface area is 103 Å². The van der Waals surface area contributed by atoms with Gasteiger partial charge in [-0.05, 0) is 44.7 Å². The summed E-state index contributed by atoms with van der Waals surface area (Å²) in [7, 11) is 0. The quantitative estimate of drug-likeness (QED) is 0.820. The predicted molar refractivity (Wildman–Crippen MR) is 69.3 cm³/mol. The van der Waals surface area contributed by atoms with E-state index in [1.807, 2.05) is 0 Å². The summed E-state index contributed by atoms with van der Waals surface area (Å²) in [5.74, 6) is 1.87. The van der Waals surface area contributed by atoms with Crippen molar-refractivity contribution in [1.29, 1.82) is 0 Å². The molecule has 4 nitrogen and oxygen atoms in total. The summed E-state index contributed by atoms with van der Waals surface area (Å²) >= 11 is 0. The van der Waals surface area contributed by atoms with Crippen LogP contribution < -0.4 is 10.6 Å². The fourth-order valence-electron chi connectivity index (χ4n) is 3.14. The summed E-state index contributed by atoms with van der Waals surface area (Å²) in [6.45, 7) is 5.61. The maximum absolute atomic E-state index is 4.65. The van der Waals surface area contributed by atoms with Crippen molar-refractivity contribution in [2.75, 3.05) is 25.0 Å². The first-order valence-electron chi connectivity index (χ1n) is 6.91. The van der Waals surface area contributed by atoms with E-state index < -0.39 is 0 Å². The van der Waals surface area contributed by atoms with E-state index in [0.29, 0.717) is 6.04 Å². The topological polar surface area (TPSA) is 41.9 Å². The van der Waals surface area contributed by atoms with Crippen LogP contribution in [0.1, 0.15) is 37.9 Å². The summed E-state index contributed by atoms with van der Waals surface area (Å²) in [4.78, 5) is 4.65. The Balaban J connectivity index is 1.84. The Morgan fingerprint density at radius 3 is 3.12 bits per heavy atom. The number of nitrogens with zero attached hydrogens (tertiary/aromatic N) is 2. The van der Waals surface area contributed by atoms with Crippen molar-refractivity contribution in [2.24, 2.45) is 5.92 Å². The number of hydrogen-bond acceptors (Lipinski definition) is 3. The zero-order valence-electron chi connectivity index (χ0n) is 10.6. The first kappa shape index (κ1) is 11.1. The highest BCUT2D eigenvalue weighted by atomic mass is 15.2. The molecule has 0 saturated carbocycles. The lowest BCUT2D eigenvalue weighted by molar-refractivity contribution is 0.250. The molecule has 1 aromatic rings. The molecule has 1 saturated heterocycles. The monoisotopic (exact) mass is 234 g/mol. The van der Waals surface area contributed by atoms with Gasteiger partial charge in [-0.25, -0.2) is 4.98 Å². The van der Waals surface area contributed by atoms with Gasteiger partial charge >= 0.3 is 0 Å². The van der Waals surface area contributed by atoms with Gasteiger partial charge in [0.1, 0.15) is 0 Å². The molecule has 3 rings (SSSR count). The summed E-state index contributed by atoms with van der Waals surface area (Å²) in [6.07, 6.45) is 7.19. The van der Waals surface area contributed by atoms with E-state index in [1.54, 1.807) is 0 Å². The summed E-state index contributed by atoms with van der Waals surface area (Å²) in [5.41, 5.74) is 1.21. The van der Waals surface area contributed by atoms with Crippen molar-refractivity contribution in [2.45, 2.75) is 38.6 Å². The minimum absolute atomic E-state index is 0.645. The van der Waals surface area contributed by atoms with Crippen molar-refractivity contribution in [1.82, 2.24) is 14.9 Å². The van der Waals surface area contributed by atoms with Crippen LogP contribution in [0.25, 0.3) is 0 Å². The number of aromatic nitrogens is 2. The zero-order chi connectivity index (χ0) is 11.7. The van der Waals surface area contributed by atoms with E-state index in [4.69, 9.17) is 0 Å². The molecule has 3 heterocycles. The second-order valence-corrected chi connectivity index (χ2v) is 5.21. The standard InChI is InChI=1S/C13H22N4/c1-2-11-9-17-12(5-7-15-13(17)16-11)10-4-3-6-14-8-10/h9-10,12,14H,2-8H2,1H3,(H,15,16). The minimum atomic E-state index is 0.645. The van der Waals surface area contributed by atoms with Crippen molar-refractivity contribution >= 4 is 5.95 Å². The van der Waals surface area contributed by atoms with Crippen molar-refractivity contribution in [3.8, 4) is 0 Å². The molecule has 0 aliphatic carbocycles. The van der Waals surface area contributed by atoms with Crippen LogP contribution in [0, 0.1) is 5.92 Å². The third-order valence-corrected chi connectivity index (χ3v) is 4.10. The highest BCUT2D eigenvalue weighted by molar-refractivity contribution is 5.32.